The predicted octanol–water partition coefficient (Wildman–Crippen LogP) is -1.03. The molecule has 0 aliphatic heterocycles. The van der Waals surface area contributed by atoms with Crippen molar-refractivity contribution in [3.8, 4) is 0 Å². The molecule has 1 aromatic rings. The van der Waals surface area contributed by atoms with E-state index in [1.807, 2.05) is 0 Å². The summed E-state index contributed by atoms with van der Waals surface area (Å²) in [6, 6.07) is 0.0524. The Balaban J connectivity index is 1.82. The fourth-order valence-electron chi connectivity index (χ4n) is 2.03. The quantitative estimate of drug-likeness (QED) is 0.620. The second kappa shape index (κ2) is 4.89. The zero-order valence-corrected chi connectivity index (χ0v) is 9.22. The molecule has 4 N–H and O–H groups in total. The highest BCUT2D eigenvalue weighted by molar-refractivity contribution is 5.90. The van der Waals surface area contributed by atoms with Crippen LogP contribution in [0.3, 0.4) is 0 Å². The molecule has 0 unspecified atom stereocenters. The fourth-order valence-corrected chi connectivity index (χ4v) is 2.03. The predicted molar refractivity (Wildman–Crippen MR) is 56.6 cm³/mol. The number of H-pyrrole nitrogens is 1. The van der Waals surface area contributed by atoms with Crippen LogP contribution in [0.15, 0.2) is 0 Å². The van der Waals surface area contributed by atoms with E-state index in [1.165, 1.54) is 0 Å². The van der Waals surface area contributed by atoms with Gasteiger partial charge in [0.05, 0.1) is 0 Å². The number of carbonyl (C=O) groups is 2. The van der Waals surface area contributed by atoms with Crippen LogP contribution in [0.25, 0.3) is 0 Å². The molecule has 0 spiro atoms. The van der Waals surface area contributed by atoms with E-state index in [0.29, 0.717) is 12.8 Å². The molecule has 0 radical (unpaired) electrons. The normalized spacial score (nSPS) is 24.2. The van der Waals surface area contributed by atoms with Crippen LogP contribution >= 0.6 is 0 Å². The number of rotatable bonds is 3. The van der Waals surface area contributed by atoms with E-state index in [1.54, 1.807) is 0 Å². The molecular weight excluding hydrogens is 224 g/mol. The summed E-state index contributed by atoms with van der Waals surface area (Å²) >= 11 is 0. The van der Waals surface area contributed by atoms with Crippen LogP contribution in [0.1, 0.15) is 36.3 Å². The summed E-state index contributed by atoms with van der Waals surface area (Å²) in [6.07, 6.45) is 2.92. The largest absolute Gasteiger partial charge is 0.369 e. The number of nitrogens with zero attached hydrogens (tertiary/aromatic N) is 3. The molecule has 0 atom stereocenters. The van der Waals surface area contributed by atoms with Crippen molar-refractivity contribution in [3.63, 3.8) is 0 Å². The van der Waals surface area contributed by atoms with Crippen molar-refractivity contribution in [1.82, 2.24) is 25.9 Å². The molecule has 2 amide bonds. The highest BCUT2D eigenvalue weighted by atomic mass is 16.2. The molecule has 92 valence electrons. The maximum absolute atomic E-state index is 11.6. The summed E-state index contributed by atoms with van der Waals surface area (Å²) in [6.45, 7) is 0. The lowest BCUT2D eigenvalue weighted by atomic mass is 9.85. The van der Waals surface area contributed by atoms with E-state index >= 15 is 0 Å². The molecule has 0 aromatic carbocycles. The number of tetrazole rings is 1. The maximum atomic E-state index is 11.6. The van der Waals surface area contributed by atoms with Crippen LogP contribution in [0, 0.1) is 5.92 Å². The van der Waals surface area contributed by atoms with Gasteiger partial charge in [-0.25, -0.2) is 0 Å². The van der Waals surface area contributed by atoms with Crippen LogP contribution in [-0.4, -0.2) is 38.5 Å². The van der Waals surface area contributed by atoms with Gasteiger partial charge < -0.3 is 11.1 Å². The zero-order valence-electron chi connectivity index (χ0n) is 9.22. The number of amides is 2. The molecule has 0 bridgehead atoms. The van der Waals surface area contributed by atoms with E-state index in [2.05, 4.69) is 25.9 Å². The Morgan fingerprint density at radius 2 is 2.00 bits per heavy atom. The Hall–Kier alpha value is -1.99. The van der Waals surface area contributed by atoms with E-state index in [-0.39, 0.29) is 29.6 Å². The average molecular weight is 238 g/mol. The Morgan fingerprint density at radius 1 is 1.29 bits per heavy atom. The van der Waals surface area contributed by atoms with Crippen LogP contribution in [0.2, 0.25) is 0 Å². The van der Waals surface area contributed by atoms with Crippen molar-refractivity contribution in [2.45, 2.75) is 31.7 Å². The fraction of sp³-hybridized carbons (Fsp3) is 0.667. The van der Waals surface area contributed by atoms with Crippen molar-refractivity contribution in [2.75, 3.05) is 0 Å². The van der Waals surface area contributed by atoms with Crippen molar-refractivity contribution >= 4 is 11.8 Å². The number of nitrogens with two attached hydrogens (primary N) is 1. The zero-order chi connectivity index (χ0) is 12.3. The molecule has 8 nitrogen and oxygen atoms in total. The first kappa shape index (κ1) is 11.5. The van der Waals surface area contributed by atoms with Gasteiger partial charge in [-0.05, 0) is 30.9 Å². The molecule has 1 aliphatic carbocycles. The van der Waals surface area contributed by atoms with E-state index in [0.717, 1.165) is 12.8 Å². The molecular formula is C9H14N6O2. The van der Waals surface area contributed by atoms with Crippen LogP contribution < -0.4 is 11.1 Å². The van der Waals surface area contributed by atoms with Crippen molar-refractivity contribution in [1.29, 1.82) is 0 Å². The summed E-state index contributed by atoms with van der Waals surface area (Å²) in [4.78, 5) is 22.6. The number of hydrogen-bond acceptors (Lipinski definition) is 5. The SMILES string of the molecule is NC(=O)C1CCC(NC(=O)c2nn[nH]n2)CC1. The molecule has 1 aliphatic rings. The lowest BCUT2D eigenvalue weighted by Crippen LogP contribution is -2.40. The third kappa shape index (κ3) is 2.77. The Bertz CT molecular complexity index is 396. The number of aromatic amines is 1. The van der Waals surface area contributed by atoms with Gasteiger partial charge in [-0.15, -0.1) is 10.2 Å². The van der Waals surface area contributed by atoms with E-state index < -0.39 is 0 Å². The van der Waals surface area contributed by atoms with Gasteiger partial charge in [0.25, 0.3) is 11.7 Å². The van der Waals surface area contributed by atoms with E-state index in [9.17, 15) is 9.59 Å². The van der Waals surface area contributed by atoms with Gasteiger partial charge in [-0.1, -0.05) is 0 Å². The van der Waals surface area contributed by atoms with Crippen molar-refractivity contribution in [2.24, 2.45) is 11.7 Å². The minimum atomic E-state index is -0.346. The summed E-state index contributed by atoms with van der Waals surface area (Å²) in [5.41, 5.74) is 5.23. The Morgan fingerprint density at radius 3 is 2.53 bits per heavy atom. The summed E-state index contributed by atoms with van der Waals surface area (Å²) in [7, 11) is 0. The summed E-state index contributed by atoms with van der Waals surface area (Å²) in [5.74, 6) is -0.635. The first-order chi connectivity index (χ1) is 8.16. The minimum Gasteiger partial charge on any atom is -0.369 e. The molecule has 1 fully saturated rings. The lowest BCUT2D eigenvalue weighted by molar-refractivity contribution is -0.122. The summed E-state index contributed by atoms with van der Waals surface area (Å²) < 4.78 is 0. The minimum absolute atomic E-state index is 0.0297. The van der Waals surface area contributed by atoms with Crippen LogP contribution in [0.5, 0.6) is 0 Å². The number of carbonyl (C=O) groups excluding carboxylic acids is 2. The Kier molecular flexibility index (Phi) is 3.31. The van der Waals surface area contributed by atoms with Gasteiger partial charge in [0.1, 0.15) is 0 Å². The molecule has 1 saturated carbocycles. The smallest absolute Gasteiger partial charge is 0.293 e. The van der Waals surface area contributed by atoms with Gasteiger partial charge in [-0.2, -0.15) is 5.21 Å². The maximum Gasteiger partial charge on any atom is 0.293 e. The molecule has 17 heavy (non-hydrogen) atoms. The summed E-state index contributed by atoms with van der Waals surface area (Å²) in [5, 5.41) is 15.5. The van der Waals surface area contributed by atoms with E-state index in [4.69, 9.17) is 5.73 Å². The van der Waals surface area contributed by atoms with Gasteiger partial charge in [0, 0.05) is 12.0 Å². The number of primary amides is 1. The molecule has 2 rings (SSSR count). The Labute approximate surface area is 97.3 Å². The van der Waals surface area contributed by atoms with Gasteiger partial charge in [0.2, 0.25) is 5.91 Å². The lowest BCUT2D eigenvalue weighted by Gasteiger charge is -2.26. The highest BCUT2D eigenvalue weighted by Gasteiger charge is 2.26. The standard InChI is InChI=1S/C9H14N6O2/c10-7(16)5-1-3-6(4-2-5)11-9(17)8-12-14-15-13-8/h5-6H,1-4H2,(H2,10,16)(H,11,17)(H,12,13,14,15). The second-order valence-corrected chi connectivity index (χ2v) is 4.16. The van der Waals surface area contributed by atoms with Crippen molar-refractivity contribution in [3.05, 3.63) is 5.82 Å². The van der Waals surface area contributed by atoms with Crippen LogP contribution in [0.4, 0.5) is 0 Å². The highest BCUT2D eigenvalue weighted by Crippen LogP contribution is 2.23. The average Bonchev–Trinajstić information content (AvgIpc) is 2.83. The number of nitrogens with one attached hydrogen (secondary N) is 2. The second-order valence-electron chi connectivity index (χ2n) is 4.16. The van der Waals surface area contributed by atoms with Gasteiger partial charge in [0.15, 0.2) is 0 Å². The van der Waals surface area contributed by atoms with Gasteiger partial charge in [-0.3, -0.25) is 9.59 Å². The molecule has 0 saturated heterocycles. The molecule has 1 aromatic heterocycles. The topological polar surface area (TPSA) is 127 Å². The number of aromatic nitrogens is 4. The van der Waals surface area contributed by atoms with Gasteiger partial charge >= 0.3 is 0 Å². The third-order valence-corrected chi connectivity index (χ3v) is 3.01. The molecule has 1 heterocycles. The van der Waals surface area contributed by atoms with Crippen molar-refractivity contribution < 1.29 is 9.59 Å². The first-order valence-electron chi connectivity index (χ1n) is 5.50. The molecule has 8 heteroatoms. The first-order valence-corrected chi connectivity index (χ1v) is 5.50. The van der Waals surface area contributed by atoms with Crippen LogP contribution in [-0.2, 0) is 4.79 Å². The third-order valence-electron chi connectivity index (χ3n) is 3.01. The number of hydrogen-bond donors (Lipinski definition) is 3. The monoisotopic (exact) mass is 238 g/mol.